The van der Waals surface area contributed by atoms with Crippen LogP contribution in [-0.4, -0.2) is 0 Å². The Balaban J connectivity index is 1.84. The second-order valence-corrected chi connectivity index (χ2v) is 5.56. The van der Waals surface area contributed by atoms with Crippen LogP contribution in [0.3, 0.4) is 0 Å². The van der Waals surface area contributed by atoms with Crippen molar-refractivity contribution < 1.29 is 4.42 Å². The van der Waals surface area contributed by atoms with E-state index < -0.39 is 0 Å². The molecule has 2 aromatic carbocycles. The number of rotatable bonds is 3. The molecule has 0 amide bonds. The van der Waals surface area contributed by atoms with Crippen molar-refractivity contribution in [2.24, 2.45) is 0 Å². The van der Waals surface area contributed by atoms with Gasteiger partial charge in [0.15, 0.2) is 0 Å². The zero-order valence-corrected chi connectivity index (χ0v) is 12.3. The molecule has 4 heteroatoms. The fraction of sp³-hybridized carbons (Fsp3) is 0.0667. The molecule has 0 atom stereocenters. The Kier molecular flexibility index (Phi) is 3.49. The van der Waals surface area contributed by atoms with Gasteiger partial charge in [-0.25, -0.2) is 0 Å². The van der Waals surface area contributed by atoms with Crippen molar-refractivity contribution in [1.82, 2.24) is 0 Å². The molecule has 96 valence electrons. The summed E-state index contributed by atoms with van der Waals surface area (Å²) in [5.74, 6) is 0. The lowest BCUT2D eigenvalue weighted by atomic mass is 10.2. The molecule has 3 rings (SSSR count). The van der Waals surface area contributed by atoms with Crippen LogP contribution >= 0.6 is 27.5 Å². The van der Waals surface area contributed by atoms with Crippen LogP contribution in [0.2, 0.25) is 5.02 Å². The summed E-state index contributed by atoms with van der Waals surface area (Å²) in [5, 5.41) is 5.16. The molecule has 19 heavy (non-hydrogen) atoms. The van der Waals surface area contributed by atoms with Crippen molar-refractivity contribution in [3.05, 3.63) is 63.8 Å². The van der Waals surface area contributed by atoms with Gasteiger partial charge in [0.2, 0.25) is 0 Å². The molecule has 0 aliphatic rings. The fourth-order valence-electron chi connectivity index (χ4n) is 1.99. The fourth-order valence-corrected chi connectivity index (χ4v) is 2.54. The summed E-state index contributed by atoms with van der Waals surface area (Å²) in [5.41, 5.74) is 2.92. The number of anilines is 1. The van der Waals surface area contributed by atoms with E-state index in [0.717, 1.165) is 26.7 Å². The molecule has 0 saturated carbocycles. The van der Waals surface area contributed by atoms with E-state index >= 15 is 0 Å². The van der Waals surface area contributed by atoms with Gasteiger partial charge in [0.1, 0.15) is 5.58 Å². The number of nitrogens with one attached hydrogen (secondary N) is 1. The average molecular weight is 337 g/mol. The van der Waals surface area contributed by atoms with Crippen molar-refractivity contribution >= 4 is 44.2 Å². The molecule has 1 aromatic heterocycles. The average Bonchev–Trinajstić information content (AvgIpc) is 2.83. The van der Waals surface area contributed by atoms with Crippen LogP contribution in [-0.2, 0) is 6.54 Å². The SMILES string of the molecule is Clc1ccc(Br)cc1NCc1coc2ccccc12. The zero-order valence-electron chi connectivity index (χ0n) is 9.99. The number of benzene rings is 2. The summed E-state index contributed by atoms with van der Waals surface area (Å²) in [7, 11) is 0. The van der Waals surface area contributed by atoms with Gasteiger partial charge in [-0.2, -0.15) is 0 Å². The highest BCUT2D eigenvalue weighted by molar-refractivity contribution is 9.10. The molecule has 0 aliphatic carbocycles. The number of fused-ring (bicyclic) bond motifs is 1. The van der Waals surface area contributed by atoms with E-state index in [2.05, 4.69) is 27.3 Å². The predicted octanol–water partition coefficient (Wildman–Crippen LogP) is 5.46. The van der Waals surface area contributed by atoms with E-state index in [-0.39, 0.29) is 0 Å². The lowest BCUT2D eigenvalue weighted by Gasteiger charge is -2.07. The Labute approximate surface area is 124 Å². The first-order chi connectivity index (χ1) is 9.24. The number of furan rings is 1. The lowest BCUT2D eigenvalue weighted by Crippen LogP contribution is -1.99. The minimum Gasteiger partial charge on any atom is -0.464 e. The van der Waals surface area contributed by atoms with Gasteiger partial charge in [0.05, 0.1) is 17.0 Å². The third-order valence-electron chi connectivity index (χ3n) is 2.96. The monoisotopic (exact) mass is 335 g/mol. The number of hydrogen-bond donors (Lipinski definition) is 1. The van der Waals surface area contributed by atoms with Gasteiger partial charge in [0, 0.05) is 22.0 Å². The molecule has 0 radical (unpaired) electrons. The van der Waals surface area contributed by atoms with E-state index in [1.165, 1.54) is 0 Å². The topological polar surface area (TPSA) is 25.2 Å². The van der Waals surface area contributed by atoms with E-state index in [9.17, 15) is 0 Å². The van der Waals surface area contributed by atoms with E-state index in [0.29, 0.717) is 11.6 Å². The van der Waals surface area contributed by atoms with E-state index in [1.807, 2.05) is 36.4 Å². The summed E-state index contributed by atoms with van der Waals surface area (Å²) in [6, 6.07) is 13.7. The molecular formula is C15H11BrClNO. The van der Waals surface area contributed by atoms with Crippen LogP contribution < -0.4 is 5.32 Å². The van der Waals surface area contributed by atoms with Crippen molar-refractivity contribution in [3.8, 4) is 0 Å². The van der Waals surface area contributed by atoms with Gasteiger partial charge in [0.25, 0.3) is 0 Å². The zero-order chi connectivity index (χ0) is 13.2. The first-order valence-corrected chi connectivity index (χ1v) is 7.05. The summed E-state index contributed by atoms with van der Waals surface area (Å²) in [6.45, 7) is 0.674. The van der Waals surface area contributed by atoms with Crippen molar-refractivity contribution in [2.75, 3.05) is 5.32 Å². The number of halogens is 2. The molecule has 0 fully saturated rings. The summed E-state index contributed by atoms with van der Waals surface area (Å²) >= 11 is 9.59. The Bertz CT molecular complexity index is 723. The quantitative estimate of drug-likeness (QED) is 0.687. The summed E-state index contributed by atoms with van der Waals surface area (Å²) < 4.78 is 6.51. The first-order valence-electron chi connectivity index (χ1n) is 5.88. The van der Waals surface area contributed by atoms with E-state index in [4.69, 9.17) is 16.0 Å². The van der Waals surface area contributed by atoms with Crippen molar-refractivity contribution in [3.63, 3.8) is 0 Å². The van der Waals surface area contributed by atoms with Crippen molar-refractivity contribution in [2.45, 2.75) is 6.54 Å². The Morgan fingerprint density at radius 3 is 2.89 bits per heavy atom. The molecule has 3 aromatic rings. The largest absolute Gasteiger partial charge is 0.464 e. The number of hydrogen-bond acceptors (Lipinski definition) is 2. The standard InChI is InChI=1S/C15H11BrClNO/c16-11-5-6-13(17)14(7-11)18-8-10-9-19-15-4-2-1-3-12(10)15/h1-7,9,18H,8H2. The molecule has 0 saturated heterocycles. The second-order valence-electron chi connectivity index (χ2n) is 4.23. The van der Waals surface area contributed by atoms with Crippen LogP contribution in [0, 0.1) is 0 Å². The number of para-hydroxylation sites is 1. The van der Waals surface area contributed by atoms with Gasteiger partial charge in [-0.3, -0.25) is 0 Å². The van der Waals surface area contributed by atoms with Gasteiger partial charge < -0.3 is 9.73 Å². The first kappa shape index (κ1) is 12.6. The van der Waals surface area contributed by atoms with Crippen LogP contribution in [0.4, 0.5) is 5.69 Å². The molecule has 2 nitrogen and oxygen atoms in total. The third-order valence-corrected chi connectivity index (χ3v) is 3.78. The van der Waals surface area contributed by atoms with Crippen LogP contribution in [0.1, 0.15) is 5.56 Å². The highest BCUT2D eigenvalue weighted by Gasteiger charge is 2.06. The minimum atomic E-state index is 0.674. The highest BCUT2D eigenvalue weighted by atomic mass is 79.9. The van der Waals surface area contributed by atoms with Gasteiger partial charge in [-0.15, -0.1) is 0 Å². The molecule has 0 spiro atoms. The normalized spacial score (nSPS) is 10.8. The predicted molar refractivity (Wildman–Crippen MR) is 82.7 cm³/mol. The van der Waals surface area contributed by atoms with Crippen LogP contribution in [0.5, 0.6) is 0 Å². The van der Waals surface area contributed by atoms with Crippen molar-refractivity contribution in [1.29, 1.82) is 0 Å². The Morgan fingerprint density at radius 2 is 2.00 bits per heavy atom. The van der Waals surface area contributed by atoms with Gasteiger partial charge in [-0.05, 0) is 24.3 Å². The maximum atomic E-state index is 6.15. The van der Waals surface area contributed by atoms with Gasteiger partial charge >= 0.3 is 0 Å². The minimum absolute atomic E-state index is 0.674. The molecular weight excluding hydrogens is 326 g/mol. The second kappa shape index (κ2) is 5.27. The highest BCUT2D eigenvalue weighted by Crippen LogP contribution is 2.27. The Hall–Kier alpha value is -1.45. The maximum absolute atomic E-state index is 6.15. The smallest absolute Gasteiger partial charge is 0.134 e. The lowest BCUT2D eigenvalue weighted by molar-refractivity contribution is 0.611. The Morgan fingerprint density at radius 1 is 1.16 bits per heavy atom. The summed E-state index contributed by atoms with van der Waals surface area (Å²) in [6.07, 6.45) is 1.78. The molecule has 1 heterocycles. The molecule has 0 bridgehead atoms. The summed E-state index contributed by atoms with van der Waals surface area (Å²) in [4.78, 5) is 0. The molecule has 1 N–H and O–H groups in total. The maximum Gasteiger partial charge on any atom is 0.134 e. The van der Waals surface area contributed by atoms with Gasteiger partial charge in [-0.1, -0.05) is 45.7 Å². The van der Waals surface area contributed by atoms with E-state index in [1.54, 1.807) is 6.26 Å². The molecule has 0 aliphatic heterocycles. The van der Waals surface area contributed by atoms with Crippen LogP contribution in [0.15, 0.2) is 57.6 Å². The third kappa shape index (κ3) is 2.62. The molecule has 0 unspecified atom stereocenters. The van der Waals surface area contributed by atoms with Crippen LogP contribution in [0.25, 0.3) is 11.0 Å².